The second-order valence-corrected chi connectivity index (χ2v) is 8.42. The van der Waals surface area contributed by atoms with Crippen molar-refractivity contribution in [2.45, 2.75) is 25.0 Å². The lowest BCUT2D eigenvalue weighted by atomic mass is 10.3. The molecule has 2 saturated heterocycles. The lowest BCUT2D eigenvalue weighted by Crippen LogP contribution is -2.49. The van der Waals surface area contributed by atoms with Crippen LogP contribution in [-0.4, -0.2) is 111 Å². The standard InChI is InChI=1S/C18H35N5O2S.HI/c1-4-16-15-23(10-13-26-16)18(20-14-17(24)21(2)3)19-6-5-7-22-8-11-25-12-9-22;/h16H,4-15H2,1-3H3,(H,19,20);1H. The van der Waals surface area contributed by atoms with Crippen LogP contribution in [0.3, 0.4) is 0 Å². The number of aliphatic imine (C=N–C) groups is 1. The Morgan fingerprint density at radius 1 is 1.30 bits per heavy atom. The molecule has 0 bridgehead atoms. The number of ether oxygens (including phenoxy) is 1. The van der Waals surface area contributed by atoms with Crippen molar-refractivity contribution in [2.24, 2.45) is 4.99 Å². The Kier molecular flexibility index (Phi) is 12.7. The van der Waals surface area contributed by atoms with Crippen LogP contribution in [0.15, 0.2) is 4.99 Å². The van der Waals surface area contributed by atoms with Gasteiger partial charge in [-0.3, -0.25) is 9.69 Å². The van der Waals surface area contributed by atoms with Crippen LogP contribution < -0.4 is 5.32 Å². The first-order valence-corrected chi connectivity index (χ1v) is 10.8. The monoisotopic (exact) mass is 513 g/mol. The van der Waals surface area contributed by atoms with Gasteiger partial charge in [0.2, 0.25) is 5.91 Å². The van der Waals surface area contributed by atoms with Crippen LogP contribution in [0.2, 0.25) is 0 Å². The highest BCUT2D eigenvalue weighted by Gasteiger charge is 2.22. The third-order valence-electron chi connectivity index (χ3n) is 4.79. The largest absolute Gasteiger partial charge is 0.379 e. The number of likely N-dealkylation sites (N-methyl/N-ethyl adjacent to an activating group) is 1. The van der Waals surface area contributed by atoms with Crippen LogP contribution in [0.5, 0.6) is 0 Å². The summed E-state index contributed by atoms with van der Waals surface area (Å²) < 4.78 is 5.40. The minimum absolute atomic E-state index is 0. The van der Waals surface area contributed by atoms with Gasteiger partial charge in [0, 0.05) is 57.8 Å². The molecule has 1 unspecified atom stereocenters. The molecule has 1 atom stereocenters. The summed E-state index contributed by atoms with van der Waals surface area (Å²) in [5.41, 5.74) is 0. The molecule has 2 aliphatic heterocycles. The highest BCUT2D eigenvalue weighted by atomic mass is 127. The van der Waals surface area contributed by atoms with Crippen LogP contribution in [0, 0.1) is 0 Å². The maximum atomic E-state index is 11.9. The smallest absolute Gasteiger partial charge is 0.243 e. The van der Waals surface area contributed by atoms with E-state index in [-0.39, 0.29) is 36.4 Å². The Labute approximate surface area is 185 Å². The fourth-order valence-electron chi connectivity index (χ4n) is 3.04. The predicted molar refractivity (Wildman–Crippen MR) is 124 cm³/mol. The van der Waals surface area contributed by atoms with Crippen LogP contribution in [0.25, 0.3) is 0 Å². The molecule has 27 heavy (non-hydrogen) atoms. The topological polar surface area (TPSA) is 60.4 Å². The quantitative estimate of drug-likeness (QED) is 0.239. The average Bonchev–Trinajstić information content (AvgIpc) is 2.67. The fraction of sp³-hybridized carbons (Fsp3) is 0.889. The van der Waals surface area contributed by atoms with Crippen molar-refractivity contribution in [1.29, 1.82) is 0 Å². The average molecular weight is 513 g/mol. The van der Waals surface area contributed by atoms with Crippen molar-refractivity contribution >= 4 is 47.6 Å². The van der Waals surface area contributed by atoms with E-state index in [0.717, 1.165) is 70.6 Å². The van der Waals surface area contributed by atoms with Gasteiger partial charge >= 0.3 is 0 Å². The fourth-order valence-corrected chi connectivity index (χ4v) is 4.22. The van der Waals surface area contributed by atoms with E-state index >= 15 is 0 Å². The molecule has 0 aromatic rings. The van der Waals surface area contributed by atoms with Crippen molar-refractivity contribution in [1.82, 2.24) is 20.0 Å². The summed E-state index contributed by atoms with van der Waals surface area (Å²) in [5.74, 6) is 2.05. The second-order valence-electron chi connectivity index (χ2n) is 7.01. The molecule has 0 saturated carbocycles. The first kappa shape index (κ1) is 24.8. The summed E-state index contributed by atoms with van der Waals surface area (Å²) in [6, 6.07) is 0. The Morgan fingerprint density at radius 2 is 2.04 bits per heavy atom. The van der Waals surface area contributed by atoms with Crippen molar-refractivity contribution < 1.29 is 9.53 Å². The number of halogens is 1. The maximum Gasteiger partial charge on any atom is 0.243 e. The Bertz CT molecular complexity index is 461. The summed E-state index contributed by atoms with van der Waals surface area (Å²) in [4.78, 5) is 22.9. The van der Waals surface area contributed by atoms with Gasteiger partial charge in [0.25, 0.3) is 0 Å². The van der Waals surface area contributed by atoms with E-state index in [1.807, 2.05) is 11.8 Å². The molecule has 2 heterocycles. The van der Waals surface area contributed by atoms with E-state index in [2.05, 4.69) is 27.0 Å². The number of nitrogens with one attached hydrogen (secondary N) is 1. The third-order valence-corrected chi connectivity index (χ3v) is 6.17. The number of hydrogen-bond acceptors (Lipinski definition) is 5. The molecule has 2 fully saturated rings. The molecule has 0 radical (unpaired) electrons. The van der Waals surface area contributed by atoms with Gasteiger partial charge < -0.3 is 19.9 Å². The highest BCUT2D eigenvalue weighted by molar-refractivity contribution is 14.0. The molecule has 0 aromatic heterocycles. The Balaban J connectivity index is 0.00000364. The molecule has 0 aromatic carbocycles. The molecule has 2 aliphatic rings. The first-order chi connectivity index (χ1) is 12.6. The van der Waals surface area contributed by atoms with Crippen molar-refractivity contribution in [3.05, 3.63) is 0 Å². The van der Waals surface area contributed by atoms with E-state index in [1.54, 1.807) is 19.0 Å². The normalized spacial score (nSPS) is 21.5. The van der Waals surface area contributed by atoms with E-state index in [4.69, 9.17) is 4.74 Å². The number of morpholine rings is 1. The maximum absolute atomic E-state index is 11.9. The van der Waals surface area contributed by atoms with E-state index in [1.165, 1.54) is 6.42 Å². The van der Waals surface area contributed by atoms with Gasteiger partial charge in [0.1, 0.15) is 6.54 Å². The SMILES string of the molecule is CCC1CN(C(=NCC(=O)N(C)C)NCCCN2CCOCC2)CCS1.I. The molecule has 2 rings (SSSR count). The first-order valence-electron chi connectivity index (χ1n) is 9.75. The van der Waals surface area contributed by atoms with Gasteiger partial charge in [-0.05, 0) is 19.4 Å². The molecule has 0 aliphatic carbocycles. The number of carbonyl (C=O) groups excluding carboxylic acids is 1. The molecular formula is C18H36IN5O2S. The minimum Gasteiger partial charge on any atom is -0.379 e. The Hall–Kier alpha value is -0.260. The number of amides is 1. The summed E-state index contributed by atoms with van der Waals surface area (Å²) >= 11 is 2.04. The van der Waals surface area contributed by atoms with Gasteiger partial charge in [-0.15, -0.1) is 24.0 Å². The highest BCUT2D eigenvalue weighted by Crippen LogP contribution is 2.21. The van der Waals surface area contributed by atoms with Crippen LogP contribution in [-0.2, 0) is 9.53 Å². The molecular weight excluding hydrogens is 477 g/mol. The lowest BCUT2D eigenvalue weighted by Gasteiger charge is -2.34. The number of hydrogen-bond donors (Lipinski definition) is 1. The van der Waals surface area contributed by atoms with Gasteiger partial charge in [-0.25, -0.2) is 4.99 Å². The van der Waals surface area contributed by atoms with Crippen LogP contribution in [0.1, 0.15) is 19.8 Å². The third kappa shape index (κ3) is 9.19. The van der Waals surface area contributed by atoms with E-state index in [9.17, 15) is 4.79 Å². The van der Waals surface area contributed by atoms with Crippen molar-refractivity contribution in [3.63, 3.8) is 0 Å². The predicted octanol–water partition coefficient (Wildman–Crippen LogP) is 1.19. The molecule has 1 amide bonds. The van der Waals surface area contributed by atoms with Gasteiger partial charge in [0.15, 0.2) is 5.96 Å². The van der Waals surface area contributed by atoms with Gasteiger partial charge in [-0.1, -0.05) is 6.92 Å². The number of carbonyl (C=O) groups is 1. The Morgan fingerprint density at radius 3 is 2.70 bits per heavy atom. The number of nitrogens with zero attached hydrogens (tertiary/aromatic N) is 4. The summed E-state index contributed by atoms with van der Waals surface area (Å²) in [6.07, 6.45) is 2.24. The molecule has 1 N–H and O–H groups in total. The molecule has 158 valence electrons. The molecule has 0 spiro atoms. The van der Waals surface area contributed by atoms with Crippen LogP contribution in [0.4, 0.5) is 0 Å². The summed E-state index contributed by atoms with van der Waals surface area (Å²) in [6.45, 7) is 10.1. The second kappa shape index (κ2) is 13.8. The number of rotatable bonds is 7. The zero-order valence-corrected chi connectivity index (χ0v) is 20.1. The van der Waals surface area contributed by atoms with E-state index in [0.29, 0.717) is 5.25 Å². The van der Waals surface area contributed by atoms with Gasteiger partial charge in [-0.2, -0.15) is 11.8 Å². The molecule has 7 nitrogen and oxygen atoms in total. The van der Waals surface area contributed by atoms with Crippen LogP contribution >= 0.6 is 35.7 Å². The zero-order chi connectivity index (χ0) is 18.8. The number of guanidine groups is 1. The minimum atomic E-state index is 0. The van der Waals surface area contributed by atoms with Crippen molar-refractivity contribution in [2.75, 3.05) is 78.9 Å². The summed E-state index contributed by atoms with van der Waals surface area (Å²) in [5, 5.41) is 4.15. The number of thioether (sulfide) groups is 1. The van der Waals surface area contributed by atoms with Crippen molar-refractivity contribution in [3.8, 4) is 0 Å². The lowest BCUT2D eigenvalue weighted by molar-refractivity contribution is -0.127. The van der Waals surface area contributed by atoms with E-state index < -0.39 is 0 Å². The zero-order valence-electron chi connectivity index (χ0n) is 17.0. The van der Waals surface area contributed by atoms with Gasteiger partial charge in [0.05, 0.1) is 13.2 Å². The molecule has 9 heteroatoms. The summed E-state index contributed by atoms with van der Waals surface area (Å²) in [7, 11) is 3.55.